The fourth-order valence-corrected chi connectivity index (χ4v) is 4.93. The molecule has 0 aromatic carbocycles. The summed E-state index contributed by atoms with van der Waals surface area (Å²) in [4.78, 5) is 27.4. The van der Waals surface area contributed by atoms with Crippen LogP contribution in [0, 0.1) is 0 Å². The molecule has 4 aromatic heterocycles. The van der Waals surface area contributed by atoms with E-state index in [9.17, 15) is 4.79 Å². The van der Waals surface area contributed by atoms with E-state index in [1.54, 1.807) is 18.6 Å². The summed E-state index contributed by atoms with van der Waals surface area (Å²) >= 11 is 1.51. The van der Waals surface area contributed by atoms with Gasteiger partial charge in [-0.25, -0.2) is 4.98 Å². The van der Waals surface area contributed by atoms with Gasteiger partial charge in [0.25, 0.3) is 5.91 Å². The minimum atomic E-state index is 0.122. The highest BCUT2D eigenvalue weighted by molar-refractivity contribution is 7.12. The van der Waals surface area contributed by atoms with Crippen LogP contribution in [0.25, 0.3) is 23.1 Å². The number of likely N-dealkylation sites (tertiary alicyclic amines) is 1. The molecule has 5 rings (SSSR count). The Morgan fingerprint density at radius 1 is 1.10 bits per heavy atom. The molecule has 7 heteroatoms. The molecular formula is C24H23N5OS. The number of anilines is 1. The maximum atomic E-state index is 13.0. The number of nitrogens with two attached hydrogens (primary N) is 1. The third-order valence-electron chi connectivity index (χ3n) is 5.83. The Labute approximate surface area is 184 Å². The normalized spacial score (nSPS) is 15.2. The van der Waals surface area contributed by atoms with Crippen molar-refractivity contribution in [3.05, 3.63) is 76.0 Å². The number of carbonyl (C=O) groups is 1. The SMILES string of the molecule is Nc1nccc2[nH]c(C3CCN(C(=O)c4cc(/C=C/c5ccncc5)cs4)CC3)cc12. The van der Waals surface area contributed by atoms with Crippen LogP contribution in [0.3, 0.4) is 0 Å². The Bertz CT molecular complexity index is 1240. The molecule has 1 saturated heterocycles. The number of hydrogen-bond acceptors (Lipinski definition) is 5. The monoisotopic (exact) mass is 429 g/mol. The minimum absolute atomic E-state index is 0.122. The van der Waals surface area contributed by atoms with Crippen molar-refractivity contribution < 1.29 is 4.79 Å². The van der Waals surface area contributed by atoms with Crippen LogP contribution in [0.15, 0.2) is 54.3 Å². The first-order valence-corrected chi connectivity index (χ1v) is 11.2. The molecule has 5 heterocycles. The van der Waals surface area contributed by atoms with E-state index < -0.39 is 0 Å². The number of thiophene rings is 1. The number of piperidine rings is 1. The number of nitrogen functional groups attached to an aromatic ring is 1. The maximum absolute atomic E-state index is 13.0. The molecule has 156 valence electrons. The number of aromatic nitrogens is 3. The molecule has 0 bridgehead atoms. The first-order chi connectivity index (χ1) is 15.2. The zero-order valence-electron chi connectivity index (χ0n) is 17.0. The molecule has 1 aliphatic heterocycles. The summed E-state index contributed by atoms with van der Waals surface area (Å²) in [5, 5.41) is 3.00. The fraction of sp³-hybridized carbons (Fsp3) is 0.208. The smallest absolute Gasteiger partial charge is 0.263 e. The summed E-state index contributed by atoms with van der Waals surface area (Å²) in [6.07, 6.45) is 11.2. The van der Waals surface area contributed by atoms with Crippen molar-refractivity contribution in [1.29, 1.82) is 0 Å². The largest absolute Gasteiger partial charge is 0.383 e. The van der Waals surface area contributed by atoms with Crippen molar-refractivity contribution >= 4 is 46.1 Å². The van der Waals surface area contributed by atoms with Crippen molar-refractivity contribution in [2.75, 3.05) is 18.8 Å². The molecule has 6 nitrogen and oxygen atoms in total. The van der Waals surface area contributed by atoms with Crippen molar-refractivity contribution in [1.82, 2.24) is 19.9 Å². The second kappa shape index (κ2) is 8.35. The van der Waals surface area contributed by atoms with Crippen molar-refractivity contribution in [3.63, 3.8) is 0 Å². The molecule has 0 atom stereocenters. The predicted octanol–water partition coefficient (Wildman–Crippen LogP) is 4.79. The van der Waals surface area contributed by atoms with Crippen molar-refractivity contribution in [3.8, 4) is 0 Å². The quantitative estimate of drug-likeness (QED) is 0.488. The van der Waals surface area contributed by atoms with Gasteiger partial charge in [0.05, 0.1) is 10.4 Å². The van der Waals surface area contributed by atoms with Gasteiger partial charge in [0.1, 0.15) is 5.82 Å². The van der Waals surface area contributed by atoms with Gasteiger partial charge in [-0.2, -0.15) is 0 Å². The van der Waals surface area contributed by atoms with E-state index in [4.69, 9.17) is 5.73 Å². The summed E-state index contributed by atoms with van der Waals surface area (Å²) in [6.45, 7) is 1.51. The standard InChI is InChI=1S/C24H23N5OS/c25-23-19-14-21(28-20(19)5-10-27-23)18-6-11-29(12-7-18)24(30)22-13-17(15-31-22)2-1-16-3-8-26-9-4-16/h1-5,8-10,13-15,18,28H,6-7,11-12H2,(H2,25,27)/b2-1+. The minimum Gasteiger partial charge on any atom is -0.383 e. The van der Waals surface area contributed by atoms with Crippen molar-refractivity contribution in [2.45, 2.75) is 18.8 Å². The average Bonchev–Trinajstić information content (AvgIpc) is 3.46. The van der Waals surface area contributed by atoms with Crippen LogP contribution < -0.4 is 5.73 Å². The van der Waals surface area contributed by atoms with Gasteiger partial charge in [-0.05, 0) is 59.7 Å². The van der Waals surface area contributed by atoms with Gasteiger partial charge in [0, 0.05) is 48.7 Å². The molecule has 3 N–H and O–H groups in total. The molecule has 4 aromatic rings. The Hall–Kier alpha value is -3.45. The van der Waals surface area contributed by atoms with Crippen LogP contribution in [0.5, 0.6) is 0 Å². The maximum Gasteiger partial charge on any atom is 0.263 e. The number of pyridine rings is 2. The lowest BCUT2D eigenvalue weighted by Crippen LogP contribution is -2.37. The molecule has 0 spiro atoms. The predicted molar refractivity (Wildman–Crippen MR) is 126 cm³/mol. The lowest BCUT2D eigenvalue weighted by Gasteiger charge is -2.31. The topological polar surface area (TPSA) is 87.9 Å². The van der Waals surface area contributed by atoms with Crippen LogP contribution in [-0.2, 0) is 0 Å². The van der Waals surface area contributed by atoms with Crippen molar-refractivity contribution in [2.24, 2.45) is 0 Å². The number of H-pyrrole nitrogens is 1. The molecule has 1 aliphatic rings. The first-order valence-electron chi connectivity index (χ1n) is 10.4. The molecule has 0 aliphatic carbocycles. The number of hydrogen-bond donors (Lipinski definition) is 2. The van der Waals surface area contributed by atoms with Crippen LogP contribution in [0.4, 0.5) is 5.82 Å². The van der Waals surface area contributed by atoms with E-state index in [0.29, 0.717) is 11.7 Å². The third-order valence-corrected chi connectivity index (χ3v) is 6.76. The highest BCUT2D eigenvalue weighted by Crippen LogP contribution is 2.32. The van der Waals surface area contributed by atoms with E-state index >= 15 is 0 Å². The number of amides is 1. The highest BCUT2D eigenvalue weighted by atomic mass is 32.1. The molecule has 0 radical (unpaired) electrons. The molecule has 0 unspecified atom stereocenters. The molecular weight excluding hydrogens is 406 g/mol. The van der Waals surface area contributed by atoms with Gasteiger partial charge < -0.3 is 15.6 Å². The summed E-state index contributed by atoms with van der Waals surface area (Å²) in [5.74, 6) is 1.08. The highest BCUT2D eigenvalue weighted by Gasteiger charge is 2.26. The van der Waals surface area contributed by atoms with Crippen LogP contribution in [0.1, 0.15) is 45.3 Å². The van der Waals surface area contributed by atoms with Gasteiger partial charge in [0.2, 0.25) is 0 Å². The van der Waals surface area contributed by atoms with E-state index in [0.717, 1.165) is 52.8 Å². The number of rotatable bonds is 4. The number of carbonyl (C=O) groups excluding carboxylic acids is 1. The fourth-order valence-electron chi connectivity index (χ4n) is 4.08. The number of aromatic amines is 1. The van der Waals surface area contributed by atoms with E-state index in [2.05, 4.69) is 21.0 Å². The summed E-state index contributed by atoms with van der Waals surface area (Å²) in [6, 6.07) is 9.95. The number of fused-ring (bicyclic) bond motifs is 1. The average molecular weight is 430 g/mol. The van der Waals surface area contributed by atoms with Crippen LogP contribution in [0.2, 0.25) is 0 Å². The van der Waals surface area contributed by atoms with Gasteiger partial charge in [-0.15, -0.1) is 11.3 Å². The summed E-state index contributed by atoms with van der Waals surface area (Å²) < 4.78 is 0. The molecule has 0 saturated carbocycles. The second-order valence-corrected chi connectivity index (χ2v) is 8.72. The van der Waals surface area contributed by atoms with Gasteiger partial charge >= 0.3 is 0 Å². The summed E-state index contributed by atoms with van der Waals surface area (Å²) in [7, 11) is 0. The Kier molecular flexibility index (Phi) is 5.26. The van der Waals surface area contributed by atoms with Gasteiger partial charge in [0.15, 0.2) is 0 Å². The number of nitrogens with one attached hydrogen (secondary N) is 1. The Balaban J connectivity index is 1.22. The number of nitrogens with zero attached hydrogens (tertiary/aromatic N) is 3. The zero-order chi connectivity index (χ0) is 21.2. The third kappa shape index (κ3) is 4.09. The zero-order valence-corrected chi connectivity index (χ0v) is 17.8. The van der Waals surface area contributed by atoms with Crippen LogP contribution >= 0.6 is 11.3 Å². The molecule has 1 amide bonds. The van der Waals surface area contributed by atoms with E-state index in [1.807, 2.05) is 46.7 Å². The second-order valence-electron chi connectivity index (χ2n) is 7.81. The van der Waals surface area contributed by atoms with Gasteiger partial charge in [-0.1, -0.05) is 12.2 Å². The Morgan fingerprint density at radius 2 is 1.87 bits per heavy atom. The summed E-state index contributed by atoms with van der Waals surface area (Å²) in [5.41, 5.74) is 10.3. The van der Waals surface area contributed by atoms with E-state index in [1.165, 1.54) is 17.0 Å². The van der Waals surface area contributed by atoms with E-state index in [-0.39, 0.29) is 5.91 Å². The lowest BCUT2D eigenvalue weighted by atomic mass is 9.93. The van der Waals surface area contributed by atoms with Crippen LogP contribution in [-0.4, -0.2) is 38.8 Å². The Morgan fingerprint density at radius 3 is 2.65 bits per heavy atom. The first kappa shape index (κ1) is 19.5. The molecule has 1 fully saturated rings. The van der Waals surface area contributed by atoms with Gasteiger partial charge in [-0.3, -0.25) is 9.78 Å². The molecule has 31 heavy (non-hydrogen) atoms. The lowest BCUT2D eigenvalue weighted by molar-refractivity contribution is 0.0717.